The summed E-state index contributed by atoms with van der Waals surface area (Å²) in [5.41, 5.74) is 13.2. The summed E-state index contributed by atoms with van der Waals surface area (Å²) < 4.78 is 5.42. The highest BCUT2D eigenvalue weighted by Crippen LogP contribution is 2.29. The predicted octanol–water partition coefficient (Wildman–Crippen LogP) is 3.20. The Bertz CT molecular complexity index is 1090. The summed E-state index contributed by atoms with van der Waals surface area (Å²) in [4.78, 5) is 18.0. The van der Waals surface area contributed by atoms with Gasteiger partial charge in [0.1, 0.15) is 11.6 Å². The van der Waals surface area contributed by atoms with Gasteiger partial charge in [0, 0.05) is 17.8 Å². The van der Waals surface area contributed by atoms with Crippen molar-refractivity contribution in [3.05, 3.63) is 54.1 Å². The summed E-state index contributed by atoms with van der Waals surface area (Å²) in [5, 5.41) is 4.50. The van der Waals surface area contributed by atoms with Crippen molar-refractivity contribution in [2.45, 2.75) is 37.8 Å². The number of fused-ring (bicyclic) bond motifs is 1. The maximum absolute atomic E-state index is 5.67. The fourth-order valence-corrected chi connectivity index (χ4v) is 3.88. The van der Waals surface area contributed by atoms with Gasteiger partial charge in [0.2, 0.25) is 0 Å². The van der Waals surface area contributed by atoms with Gasteiger partial charge in [-0.05, 0) is 54.8 Å². The fraction of sp³-hybridized carbons (Fsp3) is 0.304. The molecular weight excluding hydrogens is 390 g/mol. The van der Waals surface area contributed by atoms with E-state index in [2.05, 4.69) is 15.3 Å². The smallest absolute Gasteiger partial charge is 0.186 e. The largest absolute Gasteiger partial charge is 0.497 e. The molecule has 160 valence electrons. The van der Waals surface area contributed by atoms with Gasteiger partial charge >= 0.3 is 0 Å². The van der Waals surface area contributed by atoms with E-state index >= 15 is 0 Å². The van der Waals surface area contributed by atoms with Crippen LogP contribution in [0.15, 0.2) is 47.7 Å². The van der Waals surface area contributed by atoms with Crippen LogP contribution in [0, 0.1) is 0 Å². The number of pyridine rings is 1. The van der Waals surface area contributed by atoms with E-state index in [0.29, 0.717) is 5.82 Å². The number of nitrogens with two attached hydrogens (primary N) is 2. The lowest BCUT2D eigenvalue weighted by Crippen LogP contribution is -2.38. The third-order valence-electron chi connectivity index (χ3n) is 5.42. The zero-order valence-electron chi connectivity index (χ0n) is 17.5. The third kappa shape index (κ3) is 5.09. The van der Waals surface area contributed by atoms with Crippen molar-refractivity contribution in [1.29, 1.82) is 0 Å². The lowest BCUT2D eigenvalue weighted by Gasteiger charge is -2.30. The molecule has 8 heteroatoms. The Morgan fingerprint density at radius 3 is 2.68 bits per heavy atom. The SMILES string of the molecule is COc1ccc2nc(C=Cc3ccncc3)nc(N[C@H]3CCCC[C@H]3N=C(N)N)c2c1. The lowest BCUT2D eigenvalue weighted by molar-refractivity contribution is 0.405. The molecule has 1 aliphatic carbocycles. The van der Waals surface area contributed by atoms with Crippen molar-refractivity contribution in [2.24, 2.45) is 16.5 Å². The Labute approximate surface area is 181 Å². The second-order valence-corrected chi connectivity index (χ2v) is 7.58. The van der Waals surface area contributed by atoms with E-state index in [4.69, 9.17) is 26.2 Å². The monoisotopic (exact) mass is 417 g/mol. The summed E-state index contributed by atoms with van der Waals surface area (Å²) in [6.45, 7) is 0. The molecule has 0 saturated heterocycles. The molecule has 0 aliphatic heterocycles. The molecule has 1 aromatic carbocycles. The average molecular weight is 418 g/mol. The molecule has 1 aliphatic rings. The van der Waals surface area contributed by atoms with Gasteiger partial charge in [-0.25, -0.2) is 15.0 Å². The number of aliphatic imine (C=N–C) groups is 1. The first-order valence-corrected chi connectivity index (χ1v) is 10.4. The van der Waals surface area contributed by atoms with Crippen LogP contribution in [0.3, 0.4) is 0 Å². The maximum atomic E-state index is 5.67. The predicted molar refractivity (Wildman–Crippen MR) is 125 cm³/mol. The van der Waals surface area contributed by atoms with E-state index in [1.807, 2.05) is 42.5 Å². The van der Waals surface area contributed by atoms with Gasteiger partial charge < -0.3 is 21.5 Å². The second kappa shape index (κ2) is 9.42. The van der Waals surface area contributed by atoms with Crippen molar-refractivity contribution in [2.75, 3.05) is 12.4 Å². The Kier molecular flexibility index (Phi) is 6.26. The normalized spacial score (nSPS) is 18.7. The molecule has 0 bridgehead atoms. The first-order valence-electron chi connectivity index (χ1n) is 10.4. The van der Waals surface area contributed by atoms with Crippen LogP contribution >= 0.6 is 0 Å². The van der Waals surface area contributed by atoms with Crippen LogP contribution < -0.4 is 21.5 Å². The van der Waals surface area contributed by atoms with Gasteiger partial charge in [-0.1, -0.05) is 18.9 Å². The number of hydrogen-bond acceptors (Lipinski definition) is 6. The minimum Gasteiger partial charge on any atom is -0.497 e. The topological polar surface area (TPSA) is 124 Å². The number of ether oxygens (including phenoxy) is 1. The molecule has 2 aromatic heterocycles. The fourth-order valence-electron chi connectivity index (χ4n) is 3.88. The minimum atomic E-state index is 0.0187. The maximum Gasteiger partial charge on any atom is 0.186 e. The highest BCUT2D eigenvalue weighted by molar-refractivity contribution is 5.91. The van der Waals surface area contributed by atoms with Gasteiger partial charge in [0.05, 0.1) is 24.7 Å². The van der Waals surface area contributed by atoms with Gasteiger partial charge in [0.25, 0.3) is 0 Å². The quantitative estimate of drug-likeness (QED) is 0.415. The Balaban J connectivity index is 1.72. The molecule has 1 fully saturated rings. The van der Waals surface area contributed by atoms with Crippen LogP contribution in [-0.2, 0) is 0 Å². The van der Waals surface area contributed by atoms with Gasteiger partial charge in [-0.15, -0.1) is 0 Å². The standard InChI is InChI=1S/C23H27N7O/c1-31-16-7-8-18-17(14-16)22(28-19-4-2-3-5-20(19)29-23(24)25)30-21(27-18)9-6-15-10-12-26-13-11-15/h6-14,19-20H,2-5H2,1H3,(H4,24,25,29)(H,27,28,30)/t19-,20+/m0/s1. The molecule has 1 saturated carbocycles. The van der Waals surface area contributed by atoms with E-state index in [9.17, 15) is 0 Å². The molecule has 5 N–H and O–H groups in total. The Hall–Kier alpha value is -3.68. The number of rotatable bonds is 6. The van der Waals surface area contributed by atoms with Crippen molar-refractivity contribution in [1.82, 2.24) is 15.0 Å². The zero-order chi connectivity index (χ0) is 21.6. The molecule has 31 heavy (non-hydrogen) atoms. The molecule has 0 unspecified atom stereocenters. The molecule has 3 aromatic rings. The first-order chi connectivity index (χ1) is 15.1. The molecule has 0 radical (unpaired) electrons. The lowest BCUT2D eigenvalue weighted by atomic mass is 9.90. The summed E-state index contributed by atoms with van der Waals surface area (Å²) in [6.07, 6.45) is 11.5. The number of methoxy groups -OCH3 is 1. The van der Waals surface area contributed by atoms with Crippen LogP contribution in [-0.4, -0.2) is 40.1 Å². The third-order valence-corrected chi connectivity index (χ3v) is 5.42. The molecule has 0 amide bonds. The van der Waals surface area contributed by atoms with Crippen molar-refractivity contribution >= 4 is 34.8 Å². The Morgan fingerprint density at radius 1 is 1.10 bits per heavy atom. The molecule has 2 atom stereocenters. The van der Waals surface area contributed by atoms with Crippen LogP contribution in [0.5, 0.6) is 5.75 Å². The van der Waals surface area contributed by atoms with Crippen molar-refractivity contribution in [3.8, 4) is 5.75 Å². The van der Waals surface area contributed by atoms with E-state index < -0.39 is 0 Å². The number of hydrogen-bond donors (Lipinski definition) is 3. The number of nitrogens with one attached hydrogen (secondary N) is 1. The van der Waals surface area contributed by atoms with Gasteiger partial charge in [-0.3, -0.25) is 4.98 Å². The Morgan fingerprint density at radius 2 is 1.90 bits per heavy atom. The van der Waals surface area contributed by atoms with Gasteiger partial charge in [0.15, 0.2) is 11.8 Å². The van der Waals surface area contributed by atoms with Crippen LogP contribution in [0.4, 0.5) is 5.82 Å². The summed E-state index contributed by atoms with van der Waals surface area (Å²) in [5.74, 6) is 2.24. The zero-order valence-corrected chi connectivity index (χ0v) is 17.5. The van der Waals surface area contributed by atoms with Crippen molar-refractivity contribution in [3.63, 3.8) is 0 Å². The number of nitrogens with zero attached hydrogens (tertiary/aromatic N) is 4. The second-order valence-electron chi connectivity index (χ2n) is 7.58. The van der Waals surface area contributed by atoms with E-state index in [1.165, 1.54) is 0 Å². The number of aromatic nitrogens is 3. The summed E-state index contributed by atoms with van der Waals surface area (Å²) in [7, 11) is 1.65. The van der Waals surface area contributed by atoms with Crippen LogP contribution in [0.1, 0.15) is 37.1 Å². The summed E-state index contributed by atoms with van der Waals surface area (Å²) >= 11 is 0. The molecule has 0 spiro atoms. The van der Waals surface area contributed by atoms with Crippen molar-refractivity contribution < 1.29 is 4.74 Å². The molecule has 2 heterocycles. The first kappa shape index (κ1) is 20.6. The van der Waals surface area contributed by atoms with E-state index in [0.717, 1.165) is 53.7 Å². The molecule has 4 rings (SSSR count). The van der Waals surface area contributed by atoms with Crippen LogP contribution in [0.2, 0.25) is 0 Å². The number of guanidine groups is 1. The summed E-state index contributed by atoms with van der Waals surface area (Å²) in [6, 6.07) is 9.78. The van der Waals surface area contributed by atoms with Gasteiger partial charge in [-0.2, -0.15) is 0 Å². The number of anilines is 1. The average Bonchev–Trinajstić information content (AvgIpc) is 2.79. The number of benzene rings is 1. The van der Waals surface area contributed by atoms with E-state index in [1.54, 1.807) is 19.5 Å². The highest BCUT2D eigenvalue weighted by atomic mass is 16.5. The highest BCUT2D eigenvalue weighted by Gasteiger charge is 2.26. The van der Waals surface area contributed by atoms with Crippen LogP contribution in [0.25, 0.3) is 23.1 Å². The molecular formula is C23H27N7O. The van der Waals surface area contributed by atoms with E-state index in [-0.39, 0.29) is 18.0 Å². The molecule has 8 nitrogen and oxygen atoms in total. The minimum absolute atomic E-state index is 0.0187.